The van der Waals surface area contributed by atoms with Gasteiger partial charge in [-0.2, -0.15) is 5.10 Å². The summed E-state index contributed by atoms with van der Waals surface area (Å²) in [6.45, 7) is 8.99. The fraction of sp³-hybridized carbons (Fsp3) is 0.667. The first-order valence-electron chi connectivity index (χ1n) is 6.67. The quantitative estimate of drug-likeness (QED) is 0.340. The number of nitrogens with two attached hydrogens (primary N) is 1. The standard InChI is InChI=1S/C12H21N7O/c1-8-9(2)15-16-12(14-8)19-6-4-18(5-7-19)10(3)11(13)17-20/h10,20H,4-7H2,1-3H3,(H2,13,17). The van der Waals surface area contributed by atoms with Crippen LogP contribution >= 0.6 is 0 Å². The van der Waals surface area contributed by atoms with E-state index in [1.807, 2.05) is 20.8 Å². The van der Waals surface area contributed by atoms with Gasteiger partial charge < -0.3 is 15.8 Å². The van der Waals surface area contributed by atoms with Crippen molar-refractivity contribution >= 4 is 11.8 Å². The molecule has 0 radical (unpaired) electrons. The number of amidine groups is 1. The third kappa shape index (κ3) is 2.96. The van der Waals surface area contributed by atoms with Crippen molar-refractivity contribution < 1.29 is 5.21 Å². The van der Waals surface area contributed by atoms with Crippen LogP contribution in [0.2, 0.25) is 0 Å². The molecule has 0 bridgehead atoms. The Morgan fingerprint density at radius 1 is 1.20 bits per heavy atom. The Morgan fingerprint density at radius 3 is 2.40 bits per heavy atom. The van der Waals surface area contributed by atoms with Crippen LogP contribution in [0, 0.1) is 13.8 Å². The zero-order chi connectivity index (χ0) is 14.7. The third-order valence-corrected chi connectivity index (χ3v) is 3.77. The van der Waals surface area contributed by atoms with E-state index in [2.05, 4.69) is 30.1 Å². The first-order chi connectivity index (χ1) is 9.52. The maximum absolute atomic E-state index is 8.72. The molecule has 20 heavy (non-hydrogen) atoms. The third-order valence-electron chi connectivity index (χ3n) is 3.77. The summed E-state index contributed by atoms with van der Waals surface area (Å²) in [6.07, 6.45) is 0. The summed E-state index contributed by atoms with van der Waals surface area (Å²) in [6, 6.07) is -0.0686. The zero-order valence-electron chi connectivity index (χ0n) is 12.1. The second-order valence-electron chi connectivity index (χ2n) is 5.01. The monoisotopic (exact) mass is 279 g/mol. The number of rotatable bonds is 3. The highest BCUT2D eigenvalue weighted by atomic mass is 16.4. The molecule has 0 aliphatic carbocycles. The maximum atomic E-state index is 8.72. The van der Waals surface area contributed by atoms with Crippen LogP contribution in [-0.4, -0.2) is 63.3 Å². The second kappa shape index (κ2) is 6.00. The van der Waals surface area contributed by atoms with E-state index in [1.165, 1.54) is 0 Å². The van der Waals surface area contributed by atoms with Crippen molar-refractivity contribution in [3.05, 3.63) is 11.4 Å². The first-order valence-corrected chi connectivity index (χ1v) is 6.67. The molecule has 8 heteroatoms. The predicted molar refractivity (Wildman–Crippen MR) is 76.0 cm³/mol. The molecule has 0 aromatic carbocycles. The van der Waals surface area contributed by atoms with Crippen LogP contribution < -0.4 is 10.6 Å². The normalized spacial score (nSPS) is 19.1. The number of oxime groups is 1. The molecule has 0 saturated carbocycles. The molecule has 110 valence electrons. The number of aryl methyl sites for hydroxylation is 2. The average Bonchev–Trinajstić information content (AvgIpc) is 2.48. The lowest BCUT2D eigenvalue weighted by atomic mass is 10.2. The van der Waals surface area contributed by atoms with E-state index in [1.54, 1.807) is 0 Å². The van der Waals surface area contributed by atoms with Gasteiger partial charge in [-0.25, -0.2) is 4.98 Å². The number of anilines is 1. The Balaban J connectivity index is 1.99. The van der Waals surface area contributed by atoms with E-state index in [0.29, 0.717) is 5.95 Å². The van der Waals surface area contributed by atoms with E-state index in [4.69, 9.17) is 10.9 Å². The van der Waals surface area contributed by atoms with Crippen LogP contribution in [-0.2, 0) is 0 Å². The van der Waals surface area contributed by atoms with Crippen molar-refractivity contribution in [3.63, 3.8) is 0 Å². The van der Waals surface area contributed by atoms with Crippen molar-refractivity contribution in [2.24, 2.45) is 10.9 Å². The number of aromatic nitrogens is 3. The van der Waals surface area contributed by atoms with Crippen LogP contribution in [0.3, 0.4) is 0 Å². The number of hydrogen-bond donors (Lipinski definition) is 2. The van der Waals surface area contributed by atoms with Crippen LogP contribution in [0.15, 0.2) is 5.16 Å². The van der Waals surface area contributed by atoms with Crippen LogP contribution in [0.5, 0.6) is 0 Å². The van der Waals surface area contributed by atoms with Gasteiger partial charge in [0.1, 0.15) is 0 Å². The Kier molecular flexibility index (Phi) is 4.33. The van der Waals surface area contributed by atoms with Crippen molar-refractivity contribution in [1.82, 2.24) is 20.1 Å². The molecule has 1 saturated heterocycles. The lowest BCUT2D eigenvalue weighted by Crippen LogP contribution is -2.53. The molecule has 1 aromatic rings. The van der Waals surface area contributed by atoms with Crippen molar-refractivity contribution in [3.8, 4) is 0 Å². The zero-order valence-corrected chi connectivity index (χ0v) is 12.1. The Labute approximate surface area is 118 Å². The minimum absolute atomic E-state index is 0.0686. The number of nitrogens with zero attached hydrogens (tertiary/aromatic N) is 6. The van der Waals surface area contributed by atoms with Crippen molar-refractivity contribution in [2.75, 3.05) is 31.1 Å². The summed E-state index contributed by atoms with van der Waals surface area (Å²) in [5, 5.41) is 20.0. The molecule has 8 nitrogen and oxygen atoms in total. The molecule has 1 fully saturated rings. The largest absolute Gasteiger partial charge is 0.409 e. The minimum Gasteiger partial charge on any atom is -0.409 e. The maximum Gasteiger partial charge on any atom is 0.245 e. The van der Waals surface area contributed by atoms with Gasteiger partial charge in [0.05, 0.1) is 17.4 Å². The van der Waals surface area contributed by atoms with Gasteiger partial charge in [-0.3, -0.25) is 4.90 Å². The molecular weight excluding hydrogens is 258 g/mol. The van der Waals surface area contributed by atoms with E-state index >= 15 is 0 Å². The van der Waals surface area contributed by atoms with Gasteiger partial charge in [-0.15, -0.1) is 5.10 Å². The highest BCUT2D eigenvalue weighted by Crippen LogP contribution is 2.13. The molecule has 3 N–H and O–H groups in total. The highest BCUT2D eigenvalue weighted by molar-refractivity contribution is 5.84. The van der Waals surface area contributed by atoms with E-state index in [9.17, 15) is 0 Å². The summed E-state index contributed by atoms with van der Waals surface area (Å²) in [5.41, 5.74) is 7.40. The van der Waals surface area contributed by atoms with E-state index in [-0.39, 0.29) is 11.9 Å². The lowest BCUT2D eigenvalue weighted by molar-refractivity contribution is 0.229. The minimum atomic E-state index is -0.0686. The smallest absolute Gasteiger partial charge is 0.245 e. The van der Waals surface area contributed by atoms with Gasteiger partial charge in [0.15, 0.2) is 5.84 Å². The fourth-order valence-electron chi connectivity index (χ4n) is 2.16. The van der Waals surface area contributed by atoms with Gasteiger partial charge in [0.25, 0.3) is 0 Å². The van der Waals surface area contributed by atoms with Crippen LogP contribution in [0.4, 0.5) is 5.95 Å². The summed E-state index contributed by atoms with van der Waals surface area (Å²) in [7, 11) is 0. The topological polar surface area (TPSA) is 104 Å². The molecule has 1 unspecified atom stereocenters. The highest BCUT2D eigenvalue weighted by Gasteiger charge is 2.24. The summed E-state index contributed by atoms with van der Waals surface area (Å²) in [4.78, 5) is 8.74. The fourth-order valence-corrected chi connectivity index (χ4v) is 2.16. The molecule has 0 amide bonds. The second-order valence-corrected chi connectivity index (χ2v) is 5.01. The summed E-state index contributed by atoms with van der Waals surface area (Å²) >= 11 is 0. The Hall–Kier alpha value is -1.96. The van der Waals surface area contributed by atoms with E-state index in [0.717, 1.165) is 37.6 Å². The van der Waals surface area contributed by atoms with E-state index < -0.39 is 0 Å². The molecule has 2 rings (SSSR count). The number of hydrogen-bond acceptors (Lipinski definition) is 7. The lowest BCUT2D eigenvalue weighted by Gasteiger charge is -2.37. The SMILES string of the molecule is Cc1nnc(N2CCN(C(C)C(N)=NO)CC2)nc1C. The van der Waals surface area contributed by atoms with Gasteiger partial charge in [-0.1, -0.05) is 5.16 Å². The molecule has 1 aliphatic heterocycles. The molecule has 1 aliphatic rings. The number of piperazine rings is 1. The van der Waals surface area contributed by atoms with Gasteiger partial charge in [0.2, 0.25) is 5.95 Å². The Bertz CT molecular complexity index is 497. The van der Waals surface area contributed by atoms with Crippen LogP contribution in [0.1, 0.15) is 18.3 Å². The van der Waals surface area contributed by atoms with Crippen LogP contribution in [0.25, 0.3) is 0 Å². The molecule has 2 heterocycles. The predicted octanol–water partition coefficient (Wildman–Crippen LogP) is -0.255. The summed E-state index contributed by atoms with van der Waals surface area (Å²) in [5.74, 6) is 0.909. The molecular formula is C12H21N7O. The molecule has 1 atom stereocenters. The van der Waals surface area contributed by atoms with Gasteiger partial charge >= 0.3 is 0 Å². The first kappa shape index (κ1) is 14.4. The summed E-state index contributed by atoms with van der Waals surface area (Å²) < 4.78 is 0. The molecule has 0 spiro atoms. The molecule has 1 aromatic heterocycles. The van der Waals surface area contributed by atoms with Crippen molar-refractivity contribution in [2.45, 2.75) is 26.8 Å². The van der Waals surface area contributed by atoms with Gasteiger partial charge in [0, 0.05) is 26.2 Å². The Morgan fingerprint density at radius 2 is 1.85 bits per heavy atom. The average molecular weight is 279 g/mol. The van der Waals surface area contributed by atoms with Gasteiger partial charge in [-0.05, 0) is 20.8 Å². The van der Waals surface area contributed by atoms with Crippen molar-refractivity contribution in [1.29, 1.82) is 0 Å².